The van der Waals surface area contributed by atoms with Crippen LogP contribution in [-0.4, -0.2) is 95.4 Å². The van der Waals surface area contributed by atoms with Gasteiger partial charge in [0, 0.05) is 36.5 Å². The van der Waals surface area contributed by atoms with Gasteiger partial charge in [-0.25, -0.2) is 9.18 Å². The molecule has 14 heteroatoms. The van der Waals surface area contributed by atoms with E-state index in [9.17, 15) is 14.0 Å². The molecular formula is C25H27B6ClFN3O3. The van der Waals surface area contributed by atoms with Gasteiger partial charge in [-0.2, -0.15) is 0 Å². The van der Waals surface area contributed by atoms with Crippen molar-refractivity contribution in [1.82, 2.24) is 5.32 Å². The van der Waals surface area contributed by atoms with Gasteiger partial charge in [0.2, 0.25) is 5.91 Å². The largest absolute Gasteiger partial charge is 0.480 e. The Kier molecular flexibility index (Phi) is 12.2. The van der Waals surface area contributed by atoms with Crippen LogP contribution in [0, 0.1) is 5.82 Å². The molecule has 2 atom stereocenters. The third-order valence-electron chi connectivity index (χ3n) is 5.97. The summed E-state index contributed by atoms with van der Waals surface area (Å²) >= 11 is 5.92. The van der Waals surface area contributed by atoms with Crippen LogP contribution >= 0.6 is 11.6 Å². The quantitative estimate of drug-likeness (QED) is 0.198. The molecule has 0 aromatic heterocycles. The third-order valence-corrected chi connectivity index (χ3v) is 6.14. The van der Waals surface area contributed by atoms with E-state index in [2.05, 4.69) is 17.1 Å². The summed E-state index contributed by atoms with van der Waals surface area (Å²) in [6.45, 7) is 3.48. The fourth-order valence-electron chi connectivity index (χ4n) is 3.74. The predicted molar refractivity (Wildman–Crippen MR) is 159 cm³/mol. The number of alkyl halides is 1. The van der Waals surface area contributed by atoms with E-state index in [-0.39, 0.29) is 12.8 Å². The molecule has 0 bridgehead atoms. The van der Waals surface area contributed by atoms with Gasteiger partial charge in [0.1, 0.15) is 35.4 Å². The molecule has 2 rings (SSSR count). The molecule has 2 aromatic carbocycles. The summed E-state index contributed by atoms with van der Waals surface area (Å²) in [6, 6.07) is 8.31. The van der Waals surface area contributed by atoms with Gasteiger partial charge in [0.15, 0.2) is 0 Å². The lowest BCUT2D eigenvalue weighted by Crippen LogP contribution is -2.55. The highest BCUT2D eigenvalue weighted by Crippen LogP contribution is 2.26. The molecule has 2 unspecified atom stereocenters. The van der Waals surface area contributed by atoms with E-state index in [0.717, 1.165) is 18.7 Å². The molecular weight excluding hydrogens is 510 g/mol. The number of carbonyl (C=O) groups excluding carboxylic acids is 2. The minimum atomic E-state index is -2.47. The monoisotopic (exact) mass is 537 g/mol. The number of nitrogens with zero attached hydrogens (tertiary/aromatic N) is 1. The van der Waals surface area contributed by atoms with Gasteiger partial charge in [0.25, 0.3) is 0 Å². The van der Waals surface area contributed by atoms with Crippen molar-refractivity contribution < 1.29 is 18.7 Å². The molecule has 0 heterocycles. The number of benzene rings is 2. The van der Waals surface area contributed by atoms with Crippen LogP contribution in [0.15, 0.2) is 42.5 Å². The maximum atomic E-state index is 13.4. The van der Waals surface area contributed by atoms with E-state index >= 15 is 0 Å². The Morgan fingerprint density at radius 3 is 2.21 bits per heavy atom. The molecule has 0 saturated heterocycles. The standard InChI is InChI=1S/C25H27B6ClFN3O3/c1-2-10-36(11-9-32)21-8-5-16(12-18(21)26)13-19(34)22(37)35-20(14-15-3-6-17(33)7-4-15)23(38)39-25(30,31)24(27,28)29/h3-8,12,19-20H,2,9-11,13-14,34H2,1H3,(H,35,37). The predicted octanol–water partition coefficient (Wildman–Crippen LogP) is -0.215. The van der Waals surface area contributed by atoms with Crippen molar-refractivity contribution in [2.24, 2.45) is 5.73 Å². The van der Waals surface area contributed by atoms with Crippen molar-refractivity contribution in [3.63, 3.8) is 0 Å². The number of rotatable bonds is 14. The van der Waals surface area contributed by atoms with Crippen molar-refractivity contribution in [2.45, 2.75) is 48.8 Å². The molecule has 39 heavy (non-hydrogen) atoms. The zero-order chi connectivity index (χ0) is 29.4. The molecule has 0 aliphatic heterocycles. The van der Waals surface area contributed by atoms with Crippen LogP contribution in [0.5, 0.6) is 0 Å². The van der Waals surface area contributed by atoms with Crippen LogP contribution in [0.4, 0.5) is 10.1 Å². The molecule has 2 aromatic rings. The molecule has 6 nitrogen and oxygen atoms in total. The minimum absolute atomic E-state index is 0.101. The van der Waals surface area contributed by atoms with Crippen LogP contribution in [0.1, 0.15) is 24.5 Å². The number of anilines is 1. The Bertz CT molecular complexity index is 1120. The van der Waals surface area contributed by atoms with Crippen LogP contribution < -0.4 is 21.4 Å². The second-order valence-electron chi connectivity index (χ2n) is 9.42. The average molecular weight is 537 g/mol. The molecule has 0 aliphatic carbocycles. The van der Waals surface area contributed by atoms with Crippen LogP contribution in [0.25, 0.3) is 0 Å². The van der Waals surface area contributed by atoms with Crippen molar-refractivity contribution in [1.29, 1.82) is 0 Å². The summed E-state index contributed by atoms with van der Waals surface area (Å²) in [5, 5.41) is -2.22. The summed E-state index contributed by atoms with van der Waals surface area (Å²) in [5.74, 6) is -1.77. The van der Waals surface area contributed by atoms with E-state index in [1.807, 2.05) is 12.1 Å². The molecule has 3 N–H and O–H groups in total. The van der Waals surface area contributed by atoms with Crippen LogP contribution in [0.2, 0.25) is 5.11 Å². The second kappa shape index (κ2) is 14.4. The van der Waals surface area contributed by atoms with Crippen LogP contribution in [-0.2, 0) is 27.2 Å². The van der Waals surface area contributed by atoms with Gasteiger partial charge >= 0.3 is 5.97 Å². The first-order valence-corrected chi connectivity index (χ1v) is 12.9. The first-order chi connectivity index (χ1) is 18.2. The van der Waals surface area contributed by atoms with Gasteiger partial charge in [-0.05, 0) is 42.2 Å². The summed E-state index contributed by atoms with van der Waals surface area (Å²) in [4.78, 5) is 28.0. The van der Waals surface area contributed by atoms with Gasteiger partial charge in [-0.3, -0.25) is 4.79 Å². The molecule has 0 aliphatic rings. The van der Waals surface area contributed by atoms with Crippen molar-refractivity contribution >= 4 is 81.7 Å². The van der Waals surface area contributed by atoms with Crippen molar-refractivity contribution in [3.05, 3.63) is 59.4 Å². The first-order valence-electron chi connectivity index (χ1n) is 12.4. The molecule has 0 saturated carbocycles. The topological polar surface area (TPSA) is 84.7 Å². The number of ether oxygens (including phenoxy) is 1. The Labute approximate surface area is 243 Å². The molecule has 1 amide bonds. The number of amides is 1. The fourth-order valence-corrected chi connectivity index (χ4v) is 3.95. The molecule has 12 radical (unpaired) electrons. The number of hydrogen-bond donors (Lipinski definition) is 2. The number of hydrogen-bond acceptors (Lipinski definition) is 5. The number of carbonyl (C=O) groups is 2. The lowest BCUT2D eigenvalue weighted by Gasteiger charge is -2.42. The van der Waals surface area contributed by atoms with E-state index in [4.69, 9.17) is 69.1 Å². The normalized spacial score (nSPS) is 13.3. The Hall–Kier alpha value is -2.25. The van der Waals surface area contributed by atoms with E-state index in [1.54, 1.807) is 6.07 Å². The third kappa shape index (κ3) is 9.71. The van der Waals surface area contributed by atoms with Gasteiger partial charge in [-0.1, -0.05) is 36.7 Å². The fraction of sp³-hybridized carbons (Fsp3) is 0.440. The zero-order valence-electron chi connectivity index (χ0n) is 21.9. The maximum absolute atomic E-state index is 13.4. The van der Waals surface area contributed by atoms with Crippen molar-refractivity contribution in [2.75, 3.05) is 23.9 Å². The zero-order valence-corrected chi connectivity index (χ0v) is 22.7. The van der Waals surface area contributed by atoms with Crippen molar-refractivity contribution in [3.8, 4) is 0 Å². The minimum Gasteiger partial charge on any atom is -0.480 e. The highest BCUT2D eigenvalue weighted by atomic mass is 35.5. The number of nitrogens with two attached hydrogens (primary N) is 1. The lowest BCUT2D eigenvalue weighted by molar-refractivity contribution is -0.151. The first kappa shape index (κ1) is 33.0. The SMILES string of the molecule is [B]c1cc(CC(N)C(=O)NC(Cc2ccc(F)cc2)C(=O)OC([B])([B])C([B])([B])[B])ccc1N(CCC)CCCl. The summed E-state index contributed by atoms with van der Waals surface area (Å²) in [5.41, 5.74) is 8.73. The average Bonchev–Trinajstić information content (AvgIpc) is 2.84. The summed E-state index contributed by atoms with van der Waals surface area (Å²) in [7, 11) is 34.1. The summed E-state index contributed by atoms with van der Waals surface area (Å²) in [6.07, 6.45) is 0.936. The maximum Gasteiger partial charge on any atom is 0.327 e. The van der Waals surface area contributed by atoms with Gasteiger partial charge in [0.05, 0.1) is 29.6 Å². The summed E-state index contributed by atoms with van der Waals surface area (Å²) < 4.78 is 18.4. The Morgan fingerprint density at radius 1 is 1.05 bits per heavy atom. The number of esters is 1. The highest BCUT2D eigenvalue weighted by molar-refractivity contribution is 6.67. The van der Waals surface area contributed by atoms with Gasteiger partial charge < -0.3 is 20.7 Å². The van der Waals surface area contributed by atoms with E-state index in [0.29, 0.717) is 29.0 Å². The number of halogens is 2. The molecule has 192 valence electrons. The second-order valence-corrected chi connectivity index (χ2v) is 9.80. The van der Waals surface area contributed by atoms with E-state index in [1.165, 1.54) is 24.3 Å². The van der Waals surface area contributed by atoms with Crippen LogP contribution in [0.3, 0.4) is 0 Å². The lowest BCUT2D eigenvalue weighted by atomic mass is 9.28. The molecule has 0 fully saturated rings. The highest BCUT2D eigenvalue weighted by Gasteiger charge is 2.36. The molecule has 0 spiro atoms. The Morgan fingerprint density at radius 2 is 1.67 bits per heavy atom. The van der Waals surface area contributed by atoms with E-state index < -0.39 is 40.3 Å². The van der Waals surface area contributed by atoms with Gasteiger partial charge in [-0.15, -0.1) is 16.7 Å². The number of nitrogens with one attached hydrogen (secondary N) is 1. The smallest absolute Gasteiger partial charge is 0.327 e. The Balaban J connectivity index is 2.18.